The molecule has 190 valence electrons. The number of ether oxygens (including phenoxy) is 2. The number of sulfone groups is 1. The fourth-order valence-corrected chi connectivity index (χ4v) is 4.93. The number of benzene rings is 2. The van der Waals surface area contributed by atoms with Crippen LogP contribution in [0.2, 0.25) is 0 Å². The number of carbonyl (C=O) groups excluding carboxylic acids is 1. The Hall–Kier alpha value is -2.66. The molecule has 2 aromatic rings. The monoisotopic (exact) mass is 515 g/mol. The fourth-order valence-electron chi connectivity index (χ4n) is 4.28. The van der Waals surface area contributed by atoms with Gasteiger partial charge in [-0.25, -0.2) is 17.2 Å². The summed E-state index contributed by atoms with van der Waals surface area (Å²) in [7, 11) is -3.73. The van der Waals surface area contributed by atoms with Gasteiger partial charge in [0.1, 0.15) is 5.75 Å². The van der Waals surface area contributed by atoms with E-state index in [1.807, 2.05) is 18.2 Å². The molecule has 0 aliphatic carbocycles. The second kappa shape index (κ2) is 9.77. The Morgan fingerprint density at radius 2 is 1.80 bits per heavy atom. The number of amides is 1. The molecule has 1 amide bonds. The van der Waals surface area contributed by atoms with Crippen LogP contribution >= 0.6 is 0 Å². The summed E-state index contributed by atoms with van der Waals surface area (Å²) in [6.07, 6.45) is -1.20. The zero-order valence-corrected chi connectivity index (χ0v) is 19.8. The topological polar surface area (TPSA) is 72.9 Å². The molecule has 2 aliphatic rings. The predicted molar refractivity (Wildman–Crippen MR) is 119 cm³/mol. The van der Waals surface area contributed by atoms with Gasteiger partial charge in [0.25, 0.3) is 5.91 Å². The Morgan fingerprint density at radius 3 is 2.46 bits per heavy atom. The highest BCUT2D eigenvalue weighted by atomic mass is 32.2. The lowest BCUT2D eigenvalue weighted by Crippen LogP contribution is -2.34. The van der Waals surface area contributed by atoms with E-state index in [9.17, 15) is 30.8 Å². The SMILES string of the molecule is CS(=O)(=O)c1ccc(OCC(F)(F)C(F)F)c(C(=O)N2Cc3ccc(C4CCOCC4)cc3C2)c1. The zero-order valence-electron chi connectivity index (χ0n) is 19.0. The second-order valence-electron chi connectivity index (χ2n) is 8.86. The lowest BCUT2D eigenvalue weighted by molar-refractivity contribution is -0.148. The first-order valence-corrected chi connectivity index (χ1v) is 13.0. The van der Waals surface area contributed by atoms with Gasteiger partial charge in [-0.2, -0.15) is 8.78 Å². The molecule has 2 heterocycles. The Balaban J connectivity index is 1.59. The summed E-state index contributed by atoms with van der Waals surface area (Å²) in [6.45, 7) is 0.198. The van der Waals surface area contributed by atoms with Gasteiger partial charge >= 0.3 is 12.3 Å². The third-order valence-electron chi connectivity index (χ3n) is 6.28. The molecule has 0 atom stereocenters. The van der Waals surface area contributed by atoms with Crippen LogP contribution in [0.15, 0.2) is 41.3 Å². The van der Waals surface area contributed by atoms with E-state index < -0.39 is 34.7 Å². The van der Waals surface area contributed by atoms with Crippen LogP contribution in [0.5, 0.6) is 5.75 Å². The fraction of sp³-hybridized carbons (Fsp3) is 0.458. The van der Waals surface area contributed by atoms with E-state index in [0.717, 1.165) is 54.0 Å². The zero-order chi connectivity index (χ0) is 25.4. The van der Waals surface area contributed by atoms with Crippen molar-refractivity contribution in [3.63, 3.8) is 0 Å². The van der Waals surface area contributed by atoms with Crippen molar-refractivity contribution in [2.45, 2.75) is 49.1 Å². The number of hydrogen-bond acceptors (Lipinski definition) is 5. The van der Waals surface area contributed by atoms with Crippen molar-refractivity contribution in [2.24, 2.45) is 0 Å². The third-order valence-corrected chi connectivity index (χ3v) is 7.39. The summed E-state index contributed by atoms with van der Waals surface area (Å²) in [4.78, 5) is 14.6. The van der Waals surface area contributed by atoms with Gasteiger partial charge in [0, 0.05) is 32.6 Å². The molecule has 1 saturated heterocycles. The largest absolute Gasteiger partial charge is 0.486 e. The molecule has 35 heavy (non-hydrogen) atoms. The van der Waals surface area contributed by atoms with Crippen molar-refractivity contribution in [3.8, 4) is 5.75 Å². The highest BCUT2D eigenvalue weighted by molar-refractivity contribution is 7.90. The van der Waals surface area contributed by atoms with E-state index in [2.05, 4.69) is 0 Å². The van der Waals surface area contributed by atoms with Crippen molar-refractivity contribution >= 4 is 15.7 Å². The van der Waals surface area contributed by atoms with E-state index in [0.29, 0.717) is 19.1 Å². The molecule has 2 aromatic carbocycles. The van der Waals surface area contributed by atoms with E-state index in [1.165, 1.54) is 4.90 Å². The minimum atomic E-state index is -4.43. The van der Waals surface area contributed by atoms with Gasteiger partial charge in [0.05, 0.1) is 10.5 Å². The van der Waals surface area contributed by atoms with Gasteiger partial charge in [-0.05, 0) is 53.6 Å². The highest BCUT2D eigenvalue weighted by Gasteiger charge is 2.42. The molecule has 0 aromatic heterocycles. The second-order valence-corrected chi connectivity index (χ2v) is 10.9. The first-order chi connectivity index (χ1) is 16.5. The molecule has 2 aliphatic heterocycles. The third kappa shape index (κ3) is 5.61. The standard InChI is InChI=1S/C24H25F4NO5S/c1-35(31,32)19-4-5-21(34-14-24(27,28)23(25)26)20(11-19)22(30)29-12-17-3-2-16(10-18(17)13-29)15-6-8-33-9-7-15/h2-5,10-11,15,23H,6-9,12-14H2,1H3. The van der Waals surface area contributed by atoms with Crippen molar-refractivity contribution in [1.82, 2.24) is 4.90 Å². The number of carbonyl (C=O) groups is 1. The van der Waals surface area contributed by atoms with Crippen molar-refractivity contribution in [2.75, 3.05) is 26.1 Å². The first-order valence-electron chi connectivity index (χ1n) is 11.1. The molecule has 0 N–H and O–H groups in total. The molecular formula is C24H25F4NO5S. The van der Waals surface area contributed by atoms with Gasteiger partial charge in [0.2, 0.25) is 0 Å². The summed E-state index contributed by atoms with van der Waals surface area (Å²) in [6, 6.07) is 9.17. The summed E-state index contributed by atoms with van der Waals surface area (Å²) in [5, 5.41) is 0. The van der Waals surface area contributed by atoms with Gasteiger partial charge < -0.3 is 14.4 Å². The minimum absolute atomic E-state index is 0.215. The van der Waals surface area contributed by atoms with E-state index in [-0.39, 0.29) is 29.3 Å². The van der Waals surface area contributed by atoms with Crippen LogP contribution in [0.1, 0.15) is 45.8 Å². The van der Waals surface area contributed by atoms with Crippen LogP contribution in [0, 0.1) is 0 Å². The Morgan fingerprint density at radius 1 is 1.11 bits per heavy atom. The Kier molecular flexibility index (Phi) is 7.10. The average Bonchev–Trinajstić information content (AvgIpc) is 3.25. The molecule has 0 radical (unpaired) electrons. The Labute approximate surface area is 200 Å². The lowest BCUT2D eigenvalue weighted by Gasteiger charge is -2.22. The van der Waals surface area contributed by atoms with Crippen molar-refractivity contribution < 1.29 is 40.2 Å². The maximum absolute atomic E-state index is 13.4. The van der Waals surface area contributed by atoms with E-state index >= 15 is 0 Å². The van der Waals surface area contributed by atoms with Gasteiger partial charge in [-0.1, -0.05) is 18.2 Å². The number of nitrogens with zero attached hydrogens (tertiary/aromatic N) is 1. The van der Waals surface area contributed by atoms with Gasteiger partial charge in [-0.15, -0.1) is 0 Å². The molecular weight excluding hydrogens is 490 g/mol. The van der Waals surface area contributed by atoms with Gasteiger partial charge in [-0.3, -0.25) is 4.79 Å². The molecule has 0 spiro atoms. The molecule has 0 bridgehead atoms. The summed E-state index contributed by atoms with van der Waals surface area (Å²) in [5.41, 5.74) is 2.72. The predicted octanol–water partition coefficient (Wildman–Crippen LogP) is 4.42. The number of hydrogen-bond donors (Lipinski definition) is 0. The Bertz CT molecular complexity index is 1210. The number of halogens is 4. The molecule has 4 rings (SSSR count). The van der Waals surface area contributed by atoms with E-state index in [4.69, 9.17) is 9.47 Å². The molecule has 0 saturated carbocycles. The minimum Gasteiger partial charge on any atom is -0.486 e. The van der Waals surface area contributed by atoms with Crippen LogP contribution in [-0.2, 0) is 27.7 Å². The van der Waals surface area contributed by atoms with Crippen LogP contribution in [-0.4, -0.2) is 57.6 Å². The van der Waals surface area contributed by atoms with Crippen LogP contribution in [0.4, 0.5) is 17.6 Å². The highest BCUT2D eigenvalue weighted by Crippen LogP contribution is 2.34. The van der Waals surface area contributed by atoms with Crippen LogP contribution in [0.3, 0.4) is 0 Å². The average molecular weight is 516 g/mol. The summed E-state index contributed by atoms with van der Waals surface area (Å²) < 4.78 is 86.4. The van der Waals surface area contributed by atoms with E-state index in [1.54, 1.807) is 0 Å². The molecule has 0 unspecified atom stereocenters. The maximum Gasteiger partial charge on any atom is 0.340 e. The van der Waals surface area contributed by atoms with Crippen LogP contribution in [0.25, 0.3) is 0 Å². The molecule has 11 heteroatoms. The molecule has 6 nitrogen and oxygen atoms in total. The number of fused-ring (bicyclic) bond motifs is 1. The lowest BCUT2D eigenvalue weighted by atomic mass is 9.90. The number of alkyl halides is 4. The quantitative estimate of drug-likeness (QED) is 0.511. The molecule has 1 fully saturated rings. The normalized spacial score (nSPS) is 17.0. The summed E-state index contributed by atoms with van der Waals surface area (Å²) in [5.74, 6) is -5.10. The number of rotatable bonds is 7. The van der Waals surface area contributed by atoms with Crippen molar-refractivity contribution in [3.05, 3.63) is 58.7 Å². The smallest absolute Gasteiger partial charge is 0.340 e. The van der Waals surface area contributed by atoms with Gasteiger partial charge in [0.15, 0.2) is 16.4 Å². The van der Waals surface area contributed by atoms with Crippen LogP contribution < -0.4 is 4.74 Å². The first kappa shape index (κ1) is 25.4. The van der Waals surface area contributed by atoms with Crippen molar-refractivity contribution in [1.29, 1.82) is 0 Å². The maximum atomic E-state index is 13.4. The summed E-state index contributed by atoms with van der Waals surface area (Å²) >= 11 is 0.